The van der Waals surface area contributed by atoms with E-state index in [0.717, 1.165) is 0 Å². The minimum Gasteiger partial charge on any atom is -0.466 e. The van der Waals surface area contributed by atoms with Gasteiger partial charge in [0, 0.05) is 6.42 Å². The van der Waals surface area contributed by atoms with Gasteiger partial charge in [0.15, 0.2) is 0 Å². The lowest BCUT2D eigenvalue weighted by Gasteiger charge is -2.28. The summed E-state index contributed by atoms with van der Waals surface area (Å²) in [6, 6.07) is 0. The first kappa shape index (κ1) is 12.5. The molecule has 0 spiro atoms. The van der Waals surface area contributed by atoms with Gasteiger partial charge in [0.05, 0.1) is 6.61 Å². The molecule has 1 fully saturated rings. The highest BCUT2D eigenvalue weighted by Crippen LogP contribution is 2.31. The Kier molecular flexibility index (Phi) is 5.69. The molecule has 1 atom stereocenters. The Bertz CT molecular complexity index is 188. The van der Waals surface area contributed by atoms with Gasteiger partial charge >= 0.3 is 5.97 Å². The second-order valence-corrected chi connectivity index (χ2v) is 4.40. The van der Waals surface area contributed by atoms with Crippen LogP contribution in [-0.2, 0) is 9.53 Å². The van der Waals surface area contributed by atoms with Crippen molar-refractivity contribution in [2.24, 2.45) is 17.6 Å². The Labute approximate surface area is 92.4 Å². The van der Waals surface area contributed by atoms with Gasteiger partial charge < -0.3 is 10.5 Å². The fourth-order valence-corrected chi connectivity index (χ4v) is 2.48. The summed E-state index contributed by atoms with van der Waals surface area (Å²) in [6.45, 7) is 2.93. The van der Waals surface area contributed by atoms with Gasteiger partial charge in [0.2, 0.25) is 0 Å². The molecule has 0 heterocycles. The second-order valence-electron chi connectivity index (χ2n) is 4.40. The van der Waals surface area contributed by atoms with Gasteiger partial charge in [0.25, 0.3) is 0 Å². The average molecular weight is 213 g/mol. The van der Waals surface area contributed by atoms with E-state index in [9.17, 15) is 4.79 Å². The molecular weight excluding hydrogens is 190 g/mol. The van der Waals surface area contributed by atoms with E-state index in [-0.39, 0.29) is 5.97 Å². The topological polar surface area (TPSA) is 52.3 Å². The zero-order valence-electron chi connectivity index (χ0n) is 9.71. The molecule has 1 rings (SSSR count). The number of carbonyl (C=O) groups is 1. The van der Waals surface area contributed by atoms with Crippen molar-refractivity contribution in [2.75, 3.05) is 13.2 Å². The lowest BCUT2D eigenvalue weighted by atomic mass is 9.78. The van der Waals surface area contributed by atoms with Crippen LogP contribution < -0.4 is 5.73 Å². The third-order valence-electron chi connectivity index (χ3n) is 3.35. The molecule has 3 nitrogen and oxygen atoms in total. The zero-order chi connectivity index (χ0) is 11.1. The monoisotopic (exact) mass is 213 g/mol. The molecule has 0 amide bonds. The van der Waals surface area contributed by atoms with Gasteiger partial charge in [-0.25, -0.2) is 0 Å². The van der Waals surface area contributed by atoms with Gasteiger partial charge in [-0.2, -0.15) is 0 Å². The third-order valence-corrected chi connectivity index (χ3v) is 3.35. The van der Waals surface area contributed by atoms with Crippen molar-refractivity contribution < 1.29 is 9.53 Å². The number of ether oxygens (including phenoxy) is 1. The quantitative estimate of drug-likeness (QED) is 0.711. The Morgan fingerprint density at radius 3 is 2.60 bits per heavy atom. The van der Waals surface area contributed by atoms with Crippen LogP contribution in [-0.4, -0.2) is 19.1 Å². The molecule has 0 bridgehead atoms. The van der Waals surface area contributed by atoms with Crippen molar-refractivity contribution in [1.29, 1.82) is 0 Å². The van der Waals surface area contributed by atoms with E-state index in [0.29, 0.717) is 31.4 Å². The molecule has 0 aliphatic heterocycles. The van der Waals surface area contributed by atoms with Gasteiger partial charge in [-0.1, -0.05) is 32.1 Å². The summed E-state index contributed by atoms with van der Waals surface area (Å²) in [4.78, 5) is 11.4. The summed E-state index contributed by atoms with van der Waals surface area (Å²) in [7, 11) is 0. The minimum atomic E-state index is -0.0847. The molecule has 2 N–H and O–H groups in total. The van der Waals surface area contributed by atoms with Gasteiger partial charge in [0.1, 0.15) is 0 Å². The molecular formula is C12H23NO2. The van der Waals surface area contributed by atoms with Crippen molar-refractivity contribution in [1.82, 2.24) is 0 Å². The number of hydrogen-bond donors (Lipinski definition) is 1. The van der Waals surface area contributed by atoms with E-state index >= 15 is 0 Å². The first-order valence-electron chi connectivity index (χ1n) is 6.13. The normalized spacial score (nSPS) is 19.9. The molecule has 1 saturated carbocycles. The largest absolute Gasteiger partial charge is 0.466 e. The lowest BCUT2D eigenvalue weighted by molar-refractivity contribution is -0.144. The van der Waals surface area contributed by atoms with E-state index in [2.05, 4.69) is 0 Å². The summed E-state index contributed by atoms with van der Waals surface area (Å²) in [6.07, 6.45) is 6.92. The number of esters is 1. The Balaban J connectivity index is 2.36. The Hall–Kier alpha value is -0.570. The molecule has 0 aromatic carbocycles. The van der Waals surface area contributed by atoms with E-state index in [1.807, 2.05) is 6.92 Å². The van der Waals surface area contributed by atoms with E-state index in [1.165, 1.54) is 32.1 Å². The van der Waals surface area contributed by atoms with Crippen molar-refractivity contribution in [2.45, 2.75) is 45.4 Å². The highest BCUT2D eigenvalue weighted by Gasteiger charge is 2.24. The number of nitrogens with two attached hydrogens (primary N) is 1. The van der Waals surface area contributed by atoms with E-state index in [1.54, 1.807) is 0 Å². The Morgan fingerprint density at radius 2 is 2.07 bits per heavy atom. The van der Waals surface area contributed by atoms with Crippen LogP contribution in [0.5, 0.6) is 0 Å². The zero-order valence-corrected chi connectivity index (χ0v) is 9.71. The summed E-state index contributed by atoms with van der Waals surface area (Å²) in [5, 5.41) is 0. The molecule has 0 aromatic heterocycles. The highest BCUT2D eigenvalue weighted by molar-refractivity contribution is 5.69. The number of rotatable bonds is 5. The van der Waals surface area contributed by atoms with Crippen LogP contribution in [0.2, 0.25) is 0 Å². The fourth-order valence-electron chi connectivity index (χ4n) is 2.48. The molecule has 3 heteroatoms. The molecule has 1 aliphatic rings. The van der Waals surface area contributed by atoms with Gasteiger partial charge in [-0.3, -0.25) is 4.79 Å². The van der Waals surface area contributed by atoms with Crippen LogP contribution in [0.3, 0.4) is 0 Å². The highest BCUT2D eigenvalue weighted by atomic mass is 16.5. The van der Waals surface area contributed by atoms with Gasteiger partial charge in [-0.05, 0) is 25.3 Å². The van der Waals surface area contributed by atoms with Crippen LogP contribution in [0.4, 0.5) is 0 Å². The predicted molar refractivity (Wildman–Crippen MR) is 60.4 cm³/mol. The molecule has 0 unspecified atom stereocenters. The number of hydrogen-bond acceptors (Lipinski definition) is 3. The lowest BCUT2D eigenvalue weighted by Crippen LogP contribution is -2.28. The van der Waals surface area contributed by atoms with E-state index in [4.69, 9.17) is 10.5 Å². The van der Waals surface area contributed by atoms with Crippen LogP contribution in [0, 0.1) is 11.8 Å². The van der Waals surface area contributed by atoms with Crippen LogP contribution in [0.25, 0.3) is 0 Å². The predicted octanol–water partition coefficient (Wildman–Crippen LogP) is 2.09. The average Bonchev–Trinajstić information content (AvgIpc) is 2.27. The van der Waals surface area contributed by atoms with Crippen molar-refractivity contribution in [3.8, 4) is 0 Å². The first-order chi connectivity index (χ1) is 7.27. The van der Waals surface area contributed by atoms with Crippen molar-refractivity contribution >= 4 is 5.97 Å². The fraction of sp³-hybridized carbons (Fsp3) is 0.917. The smallest absolute Gasteiger partial charge is 0.306 e. The summed E-state index contributed by atoms with van der Waals surface area (Å²) < 4.78 is 4.97. The standard InChI is InChI=1S/C12H23NO2/c1-2-15-12(14)8-11(9-13)10-6-4-3-5-7-10/h10-11H,2-9,13H2,1H3/t11-/m1/s1. The van der Waals surface area contributed by atoms with Crippen LogP contribution >= 0.6 is 0 Å². The molecule has 0 radical (unpaired) electrons. The van der Waals surface area contributed by atoms with Crippen molar-refractivity contribution in [3.63, 3.8) is 0 Å². The maximum Gasteiger partial charge on any atom is 0.306 e. The minimum absolute atomic E-state index is 0.0847. The van der Waals surface area contributed by atoms with Crippen LogP contribution in [0.1, 0.15) is 45.4 Å². The molecule has 0 saturated heterocycles. The summed E-state index contributed by atoms with van der Waals surface area (Å²) in [5.74, 6) is 0.899. The second kappa shape index (κ2) is 6.83. The maximum atomic E-state index is 11.4. The molecule has 88 valence electrons. The Morgan fingerprint density at radius 1 is 1.40 bits per heavy atom. The van der Waals surface area contributed by atoms with Crippen LogP contribution in [0.15, 0.2) is 0 Å². The first-order valence-corrected chi connectivity index (χ1v) is 6.13. The molecule has 0 aromatic rings. The molecule has 1 aliphatic carbocycles. The number of carbonyl (C=O) groups excluding carboxylic acids is 1. The van der Waals surface area contributed by atoms with Crippen molar-refractivity contribution in [3.05, 3.63) is 0 Å². The maximum absolute atomic E-state index is 11.4. The molecule has 15 heavy (non-hydrogen) atoms. The SMILES string of the molecule is CCOC(=O)C[C@H](CN)C1CCCCC1. The third kappa shape index (κ3) is 4.20. The summed E-state index contributed by atoms with van der Waals surface area (Å²) >= 11 is 0. The summed E-state index contributed by atoms with van der Waals surface area (Å²) in [5.41, 5.74) is 5.74. The van der Waals surface area contributed by atoms with E-state index < -0.39 is 0 Å². The van der Waals surface area contributed by atoms with Gasteiger partial charge in [-0.15, -0.1) is 0 Å².